The van der Waals surface area contributed by atoms with Crippen molar-refractivity contribution in [2.45, 2.75) is 27.2 Å². The first-order chi connectivity index (χ1) is 10.8. The number of hydrogen-bond donors (Lipinski definition) is 1. The van der Waals surface area contributed by atoms with E-state index in [2.05, 4.69) is 14.7 Å². The zero-order valence-electron chi connectivity index (χ0n) is 12.7. The number of carbonyl (C=O) groups is 4. The Morgan fingerprint density at radius 1 is 1.22 bits per heavy atom. The Morgan fingerprint density at radius 2 is 1.91 bits per heavy atom. The van der Waals surface area contributed by atoms with E-state index >= 15 is 0 Å². The Morgan fingerprint density at radius 3 is 2.48 bits per heavy atom. The number of allylic oxidation sites excluding steroid dienone is 1. The molecule has 1 fully saturated rings. The van der Waals surface area contributed by atoms with Crippen LogP contribution in [-0.4, -0.2) is 43.6 Å². The van der Waals surface area contributed by atoms with Crippen LogP contribution in [0.3, 0.4) is 0 Å². The molecule has 1 aliphatic heterocycles. The van der Waals surface area contributed by atoms with Gasteiger partial charge in [-0.3, -0.25) is 29.4 Å². The van der Waals surface area contributed by atoms with Gasteiger partial charge in [0.2, 0.25) is 11.0 Å². The lowest BCUT2D eigenvalue weighted by Gasteiger charge is -2.11. The van der Waals surface area contributed by atoms with Crippen LogP contribution in [0.15, 0.2) is 10.5 Å². The number of Topliss-reactive ketones (excluding diaryl/α,β-unsaturated/α-hetero) is 1. The largest absolute Gasteiger partial charge is 0.300 e. The molecule has 0 aromatic carbocycles. The molecule has 2 rings (SSSR count). The van der Waals surface area contributed by atoms with Crippen LogP contribution >= 0.6 is 23.3 Å². The van der Waals surface area contributed by atoms with Crippen LogP contribution in [0.5, 0.6) is 0 Å². The van der Waals surface area contributed by atoms with Crippen LogP contribution < -0.4 is 5.32 Å². The van der Waals surface area contributed by atoms with Crippen molar-refractivity contribution in [1.82, 2.24) is 14.3 Å². The van der Waals surface area contributed by atoms with Crippen molar-refractivity contribution in [3.05, 3.63) is 16.3 Å². The van der Waals surface area contributed by atoms with Gasteiger partial charge in [-0.25, -0.2) is 4.98 Å². The van der Waals surface area contributed by atoms with Gasteiger partial charge in [-0.15, -0.1) is 0 Å². The summed E-state index contributed by atoms with van der Waals surface area (Å²) in [4.78, 5) is 52.0. The molecule has 2 heterocycles. The summed E-state index contributed by atoms with van der Waals surface area (Å²) in [5.74, 6) is -0.772. The minimum absolute atomic E-state index is 0.0831. The van der Waals surface area contributed by atoms with Crippen molar-refractivity contribution in [3.8, 4) is 0 Å². The molecule has 0 atom stereocenters. The first-order valence-electron chi connectivity index (χ1n) is 6.61. The lowest BCUT2D eigenvalue weighted by molar-refractivity contribution is -0.127. The summed E-state index contributed by atoms with van der Waals surface area (Å²) in [6.07, 6.45) is 0.0933. The van der Waals surface area contributed by atoms with E-state index in [1.807, 2.05) is 0 Å². The van der Waals surface area contributed by atoms with Gasteiger partial charge in [0.1, 0.15) is 12.3 Å². The van der Waals surface area contributed by atoms with Crippen LogP contribution in [0.2, 0.25) is 0 Å². The number of carbonyl (C=O) groups excluding carboxylic acids is 4. The number of aromatic nitrogens is 2. The zero-order valence-corrected chi connectivity index (χ0v) is 14.3. The van der Waals surface area contributed by atoms with E-state index in [1.54, 1.807) is 13.8 Å². The van der Waals surface area contributed by atoms with E-state index in [4.69, 9.17) is 0 Å². The van der Waals surface area contributed by atoms with Crippen molar-refractivity contribution in [2.24, 2.45) is 0 Å². The van der Waals surface area contributed by atoms with E-state index in [-0.39, 0.29) is 23.9 Å². The molecule has 0 saturated carbocycles. The maximum atomic E-state index is 12.1. The van der Waals surface area contributed by atoms with Gasteiger partial charge in [-0.1, -0.05) is 5.57 Å². The molecule has 1 aliphatic rings. The standard InChI is InChI=1S/C13H14N4O4S2/c1-6(2)10-11(20)17(13(21)22-10)5-9(19)15-12-14-8(16-23-12)4-7(3)18/h4-5H2,1-3H3,(H,14,15,16,19). The summed E-state index contributed by atoms with van der Waals surface area (Å²) in [6.45, 7) is 4.50. The predicted octanol–water partition coefficient (Wildman–Crippen LogP) is 1.60. The highest BCUT2D eigenvalue weighted by molar-refractivity contribution is 8.18. The number of ketones is 1. The van der Waals surface area contributed by atoms with E-state index < -0.39 is 17.1 Å². The molecule has 1 saturated heterocycles. The molecule has 10 heteroatoms. The topological polar surface area (TPSA) is 109 Å². The van der Waals surface area contributed by atoms with Gasteiger partial charge in [0, 0.05) is 11.5 Å². The van der Waals surface area contributed by atoms with Crippen molar-refractivity contribution in [3.63, 3.8) is 0 Å². The number of anilines is 1. The number of rotatable bonds is 5. The molecule has 0 unspecified atom stereocenters. The molecule has 1 aromatic heterocycles. The second kappa shape index (κ2) is 7.01. The molecule has 0 radical (unpaired) electrons. The molecule has 8 nitrogen and oxygen atoms in total. The van der Waals surface area contributed by atoms with Crippen molar-refractivity contribution in [1.29, 1.82) is 0 Å². The summed E-state index contributed by atoms with van der Waals surface area (Å²) >= 11 is 1.76. The first kappa shape index (κ1) is 17.3. The minimum atomic E-state index is -0.548. The highest BCUT2D eigenvalue weighted by atomic mass is 32.2. The van der Waals surface area contributed by atoms with Gasteiger partial charge < -0.3 is 0 Å². The second-order valence-electron chi connectivity index (χ2n) is 5.03. The summed E-state index contributed by atoms with van der Waals surface area (Å²) in [7, 11) is 0. The average Bonchev–Trinajstić information content (AvgIpc) is 2.97. The highest BCUT2D eigenvalue weighted by Crippen LogP contribution is 2.32. The van der Waals surface area contributed by atoms with E-state index in [1.165, 1.54) is 6.92 Å². The van der Waals surface area contributed by atoms with Gasteiger partial charge in [0.05, 0.1) is 11.3 Å². The number of nitrogens with zero attached hydrogens (tertiary/aromatic N) is 3. The van der Waals surface area contributed by atoms with Gasteiger partial charge in [-0.05, 0) is 32.5 Å². The first-order valence-corrected chi connectivity index (χ1v) is 8.20. The summed E-state index contributed by atoms with van der Waals surface area (Å²) < 4.78 is 3.94. The molecule has 23 heavy (non-hydrogen) atoms. The Labute approximate surface area is 140 Å². The Kier molecular flexibility index (Phi) is 5.26. The fraction of sp³-hybridized carbons (Fsp3) is 0.385. The van der Waals surface area contributed by atoms with Crippen LogP contribution in [0.1, 0.15) is 26.6 Å². The number of hydrogen-bond acceptors (Lipinski definition) is 8. The average molecular weight is 354 g/mol. The van der Waals surface area contributed by atoms with Crippen LogP contribution in [0.25, 0.3) is 0 Å². The molecule has 0 spiro atoms. The Bertz CT molecular complexity index is 721. The minimum Gasteiger partial charge on any atom is -0.300 e. The van der Waals surface area contributed by atoms with Crippen LogP contribution in [-0.2, 0) is 20.8 Å². The zero-order chi connectivity index (χ0) is 17.1. The third-order valence-electron chi connectivity index (χ3n) is 2.73. The van der Waals surface area contributed by atoms with Crippen LogP contribution in [0, 0.1) is 0 Å². The lowest BCUT2D eigenvalue weighted by atomic mass is 10.3. The maximum Gasteiger partial charge on any atom is 0.294 e. The molecule has 1 N–H and O–H groups in total. The smallest absolute Gasteiger partial charge is 0.294 e. The SMILES string of the molecule is CC(=O)Cc1nsc(NC(=O)CN2C(=O)SC(=C(C)C)C2=O)n1. The summed E-state index contributed by atoms with van der Waals surface area (Å²) in [6, 6.07) is 0. The van der Waals surface area contributed by atoms with Gasteiger partial charge in [0.25, 0.3) is 11.1 Å². The lowest BCUT2D eigenvalue weighted by Crippen LogP contribution is -2.36. The fourth-order valence-corrected chi connectivity index (χ4v) is 3.18. The number of amides is 3. The van der Waals surface area contributed by atoms with Crippen LogP contribution in [0.4, 0.5) is 9.93 Å². The molecule has 1 aromatic rings. The van der Waals surface area contributed by atoms with Crippen molar-refractivity contribution < 1.29 is 19.2 Å². The van der Waals surface area contributed by atoms with Crippen molar-refractivity contribution in [2.75, 3.05) is 11.9 Å². The quantitative estimate of drug-likeness (QED) is 0.800. The molecule has 0 aliphatic carbocycles. The fourth-order valence-electron chi connectivity index (χ4n) is 1.75. The molecular weight excluding hydrogens is 340 g/mol. The van der Waals surface area contributed by atoms with Gasteiger partial charge in [-0.2, -0.15) is 4.37 Å². The maximum absolute atomic E-state index is 12.1. The highest BCUT2D eigenvalue weighted by Gasteiger charge is 2.36. The number of nitrogens with one attached hydrogen (secondary N) is 1. The monoisotopic (exact) mass is 354 g/mol. The summed E-state index contributed by atoms with van der Waals surface area (Å²) in [5.41, 5.74) is 0.731. The van der Waals surface area contributed by atoms with E-state index in [9.17, 15) is 19.2 Å². The second-order valence-corrected chi connectivity index (χ2v) is 6.74. The molecular formula is C13H14N4O4S2. The molecule has 3 amide bonds. The number of thioether (sulfide) groups is 1. The third kappa shape index (κ3) is 4.23. The van der Waals surface area contributed by atoms with E-state index in [0.29, 0.717) is 10.7 Å². The van der Waals surface area contributed by atoms with Gasteiger partial charge in [0.15, 0.2) is 5.82 Å². The van der Waals surface area contributed by atoms with Crippen molar-refractivity contribution >= 4 is 51.3 Å². The third-order valence-corrected chi connectivity index (χ3v) is 4.58. The normalized spacial score (nSPS) is 14.4. The Hall–Kier alpha value is -2.07. The Balaban J connectivity index is 1.99. The predicted molar refractivity (Wildman–Crippen MR) is 86.0 cm³/mol. The molecule has 122 valence electrons. The number of imide groups is 1. The van der Waals surface area contributed by atoms with Gasteiger partial charge >= 0.3 is 0 Å². The van der Waals surface area contributed by atoms with E-state index in [0.717, 1.165) is 33.8 Å². The molecule has 0 bridgehead atoms. The summed E-state index contributed by atoms with van der Waals surface area (Å²) in [5, 5.41) is 2.22.